The maximum Gasteiger partial charge on any atom is 0.0543 e. The van der Waals surface area contributed by atoms with Crippen LogP contribution in [0.1, 0.15) is 18.5 Å². The highest BCUT2D eigenvalue weighted by Crippen LogP contribution is 2.25. The zero-order valence-corrected chi connectivity index (χ0v) is 9.60. The molecule has 1 aromatic heterocycles. The van der Waals surface area contributed by atoms with Crippen LogP contribution in [0.15, 0.2) is 24.4 Å². The summed E-state index contributed by atoms with van der Waals surface area (Å²) in [6.07, 6.45) is 4.63. The number of aromatic nitrogens is 1. The maximum absolute atomic E-state index is 4.40. The molecule has 1 aromatic rings. The normalized spacial score (nSPS) is 30.2. The van der Waals surface area contributed by atoms with E-state index >= 15 is 0 Å². The van der Waals surface area contributed by atoms with Crippen molar-refractivity contribution in [3.8, 4) is 0 Å². The van der Waals surface area contributed by atoms with Gasteiger partial charge in [0.2, 0.25) is 0 Å². The van der Waals surface area contributed by atoms with Crippen molar-refractivity contribution in [2.45, 2.75) is 25.4 Å². The van der Waals surface area contributed by atoms with Crippen molar-refractivity contribution in [2.24, 2.45) is 5.92 Å². The Balaban J connectivity index is 1.61. The van der Waals surface area contributed by atoms with E-state index in [2.05, 4.69) is 27.3 Å². The van der Waals surface area contributed by atoms with Gasteiger partial charge in [0, 0.05) is 31.9 Å². The van der Waals surface area contributed by atoms with Crippen LogP contribution in [0, 0.1) is 5.92 Å². The van der Waals surface area contributed by atoms with Gasteiger partial charge in [-0.05, 0) is 37.4 Å². The lowest BCUT2D eigenvalue weighted by Crippen LogP contribution is -2.40. The highest BCUT2D eigenvalue weighted by atomic mass is 15.2. The van der Waals surface area contributed by atoms with Gasteiger partial charge >= 0.3 is 0 Å². The summed E-state index contributed by atoms with van der Waals surface area (Å²) >= 11 is 0. The molecule has 0 radical (unpaired) electrons. The lowest BCUT2D eigenvalue weighted by molar-refractivity contribution is 0.309. The Morgan fingerprint density at radius 3 is 3.19 bits per heavy atom. The second kappa shape index (κ2) is 4.52. The van der Waals surface area contributed by atoms with E-state index in [1.807, 2.05) is 12.3 Å². The Kier molecular flexibility index (Phi) is 2.89. The van der Waals surface area contributed by atoms with Crippen molar-refractivity contribution in [1.82, 2.24) is 15.2 Å². The van der Waals surface area contributed by atoms with Crippen molar-refractivity contribution >= 4 is 0 Å². The van der Waals surface area contributed by atoms with Gasteiger partial charge in [0.15, 0.2) is 0 Å². The highest BCUT2D eigenvalue weighted by Gasteiger charge is 2.33. The third-order valence-electron chi connectivity index (χ3n) is 3.79. The summed E-state index contributed by atoms with van der Waals surface area (Å²) in [5, 5.41) is 3.63. The smallest absolute Gasteiger partial charge is 0.0543 e. The third-order valence-corrected chi connectivity index (χ3v) is 3.79. The topological polar surface area (TPSA) is 28.2 Å². The number of nitrogens with zero attached hydrogens (tertiary/aromatic N) is 2. The summed E-state index contributed by atoms with van der Waals surface area (Å²) in [5.41, 5.74) is 1.20. The molecule has 0 bridgehead atoms. The predicted molar refractivity (Wildman–Crippen MR) is 64.0 cm³/mol. The zero-order valence-electron chi connectivity index (χ0n) is 9.60. The molecular weight excluding hydrogens is 198 g/mol. The Bertz CT molecular complexity index is 324. The molecule has 3 nitrogen and oxygen atoms in total. The van der Waals surface area contributed by atoms with Gasteiger partial charge in [-0.15, -0.1) is 0 Å². The number of likely N-dealkylation sites (tertiary alicyclic amines) is 1. The molecule has 3 rings (SSSR count). The van der Waals surface area contributed by atoms with E-state index in [4.69, 9.17) is 0 Å². The Morgan fingerprint density at radius 1 is 1.38 bits per heavy atom. The number of nitrogens with one attached hydrogen (secondary N) is 1. The van der Waals surface area contributed by atoms with Crippen LogP contribution < -0.4 is 5.32 Å². The van der Waals surface area contributed by atoms with E-state index in [0.717, 1.165) is 18.5 Å². The van der Waals surface area contributed by atoms with E-state index in [-0.39, 0.29) is 0 Å². The predicted octanol–water partition coefficient (Wildman–Crippen LogP) is 1.27. The summed E-state index contributed by atoms with van der Waals surface area (Å²) in [4.78, 5) is 6.94. The van der Waals surface area contributed by atoms with Crippen LogP contribution in [0.4, 0.5) is 0 Å². The quantitative estimate of drug-likeness (QED) is 0.808. The number of hydrogen-bond donors (Lipinski definition) is 1. The standard InChI is InChI=1S/C13H19N3/c1-2-6-14-12(5-1)9-16-8-11-4-3-7-15-13(11)10-16/h1-2,5-6,11,13,15H,3-4,7-10H2. The summed E-state index contributed by atoms with van der Waals surface area (Å²) in [5.74, 6) is 0.873. The minimum absolute atomic E-state index is 0.734. The Labute approximate surface area is 96.9 Å². The van der Waals surface area contributed by atoms with E-state index in [1.54, 1.807) is 0 Å². The first kappa shape index (κ1) is 10.2. The van der Waals surface area contributed by atoms with Crippen LogP contribution in [0.5, 0.6) is 0 Å². The average Bonchev–Trinajstić information content (AvgIpc) is 2.72. The van der Waals surface area contributed by atoms with Gasteiger partial charge in [0.1, 0.15) is 0 Å². The van der Waals surface area contributed by atoms with Crippen molar-refractivity contribution in [3.05, 3.63) is 30.1 Å². The first-order valence-corrected chi connectivity index (χ1v) is 6.27. The van der Waals surface area contributed by atoms with Crippen molar-refractivity contribution in [1.29, 1.82) is 0 Å². The Morgan fingerprint density at radius 2 is 2.38 bits per heavy atom. The molecule has 0 aliphatic carbocycles. The number of rotatable bonds is 2. The van der Waals surface area contributed by atoms with Gasteiger partial charge in [-0.25, -0.2) is 0 Å². The summed E-state index contributed by atoms with van der Waals surface area (Å²) in [6, 6.07) is 6.91. The average molecular weight is 217 g/mol. The van der Waals surface area contributed by atoms with E-state index in [1.165, 1.54) is 38.2 Å². The molecule has 86 valence electrons. The molecule has 0 aromatic carbocycles. The van der Waals surface area contributed by atoms with Crippen molar-refractivity contribution < 1.29 is 0 Å². The second-order valence-corrected chi connectivity index (χ2v) is 4.98. The van der Waals surface area contributed by atoms with Crippen LogP contribution in [-0.2, 0) is 6.54 Å². The van der Waals surface area contributed by atoms with Crippen LogP contribution in [0.25, 0.3) is 0 Å². The molecule has 0 spiro atoms. The van der Waals surface area contributed by atoms with Gasteiger partial charge in [0.25, 0.3) is 0 Å². The fourth-order valence-corrected chi connectivity index (χ4v) is 2.99. The highest BCUT2D eigenvalue weighted by molar-refractivity contribution is 5.04. The molecule has 2 aliphatic heterocycles. The van der Waals surface area contributed by atoms with Gasteiger partial charge in [-0.1, -0.05) is 6.07 Å². The molecule has 2 atom stereocenters. The lowest BCUT2D eigenvalue weighted by Gasteiger charge is -2.24. The van der Waals surface area contributed by atoms with Crippen LogP contribution in [0.3, 0.4) is 0 Å². The van der Waals surface area contributed by atoms with Gasteiger partial charge in [-0.3, -0.25) is 9.88 Å². The minimum Gasteiger partial charge on any atom is -0.312 e. The summed E-state index contributed by atoms with van der Waals surface area (Å²) in [7, 11) is 0. The van der Waals surface area contributed by atoms with E-state index in [9.17, 15) is 0 Å². The summed E-state index contributed by atoms with van der Waals surface area (Å²) < 4.78 is 0. The molecule has 2 unspecified atom stereocenters. The third kappa shape index (κ3) is 2.11. The number of piperidine rings is 1. The Hall–Kier alpha value is -0.930. The minimum atomic E-state index is 0.734. The lowest BCUT2D eigenvalue weighted by atomic mass is 9.94. The molecule has 2 aliphatic rings. The van der Waals surface area contributed by atoms with Crippen LogP contribution >= 0.6 is 0 Å². The molecule has 3 heterocycles. The largest absolute Gasteiger partial charge is 0.312 e. The molecule has 2 fully saturated rings. The first-order valence-electron chi connectivity index (χ1n) is 6.27. The van der Waals surface area contributed by atoms with Gasteiger partial charge in [-0.2, -0.15) is 0 Å². The number of pyridine rings is 1. The molecular formula is C13H19N3. The molecule has 16 heavy (non-hydrogen) atoms. The first-order chi connectivity index (χ1) is 7.92. The number of fused-ring (bicyclic) bond motifs is 1. The maximum atomic E-state index is 4.40. The fraction of sp³-hybridized carbons (Fsp3) is 0.615. The van der Waals surface area contributed by atoms with Crippen molar-refractivity contribution in [2.75, 3.05) is 19.6 Å². The molecule has 2 saturated heterocycles. The molecule has 0 amide bonds. The molecule has 3 heteroatoms. The molecule has 1 N–H and O–H groups in total. The molecule has 0 saturated carbocycles. The summed E-state index contributed by atoms with van der Waals surface area (Å²) in [6.45, 7) is 4.66. The van der Waals surface area contributed by atoms with E-state index in [0.29, 0.717) is 0 Å². The number of hydrogen-bond acceptors (Lipinski definition) is 3. The van der Waals surface area contributed by atoms with Gasteiger partial charge in [0.05, 0.1) is 5.69 Å². The second-order valence-electron chi connectivity index (χ2n) is 4.98. The van der Waals surface area contributed by atoms with Gasteiger partial charge < -0.3 is 5.32 Å². The SMILES string of the molecule is c1ccc(CN2CC3CCCNC3C2)nc1. The monoisotopic (exact) mass is 217 g/mol. The van der Waals surface area contributed by atoms with Crippen molar-refractivity contribution in [3.63, 3.8) is 0 Å². The van der Waals surface area contributed by atoms with E-state index < -0.39 is 0 Å². The van der Waals surface area contributed by atoms with Crippen LogP contribution in [-0.4, -0.2) is 35.6 Å². The van der Waals surface area contributed by atoms with Crippen LogP contribution in [0.2, 0.25) is 0 Å². The zero-order chi connectivity index (χ0) is 10.8. The fourth-order valence-electron chi connectivity index (χ4n) is 2.99.